The Bertz CT molecular complexity index is 611. The van der Waals surface area contributed by atoms with Crippen LogP contribution in [0.2, 0.25) is 0 Å². The molecule has 0 unspecified atom stereocenters. The molecule has 1 rings (SSSR count). The highest BCUT2D eigenvalue weighted by Gasteiger charge is 2.18. The zero-order valence-electron chi connectivity index (χ0n) is 20.7. The van der Waals surface area contributed by atoms with Gasteiger partial charge < -0.3 is 9.47 Å². The molecular weight excluding hydrogens is 400 g/mol. The molecule has 0 atom stereocenters. The van der Waals surface area contributed by atoms with Gasteiger partial charge in [0.15, 0.2) is 0 Å². The van der Waals surface area contributed by atoms with Crippen LogP contribution in [0.5, 0.6) is 0 Å². The fraction of sp³-hybridized carbons (Fsp3) is 0.714. The van der Waals surface area contributed by atoms with E-state index in [-0.39, 0.29) is 11.1 Å². The number of esters is 2. The quantitative estimate of drug-likeness (QED) is 0.149. The molecule has 0 saturated heterocycles. The number of carbonyl (C=O) groups excluding carboxylic acids is 2. The van der Waals surface area contributed by atoms with Gasteiger partial charge in [-0.25, -0.2) is 9.59 Å². The van der Waals surface area contributed by atoms with E-state index in [0.717, 1.165) is 19.3 Å². The van der Waals surface area contributed by atoms with Gasteiger partial charge in [0.1, 0.15) is 0 Å². The number of rotatable bonds is 20. The lowest BCUT2D eigenvalue weighted by Crippen LogP contribution is -2.14. The average Bonchev–Trinajstić information content (AvgIpc) is 2.82. The van der Waals surface area contributed by atoms with Crippen LogP contribution in [0.1, 0.15) is 137 Å². The van der Waals surface area contributed by atoms with Crippen molar-refractivity contribution in [2.45, 2.75) is 117 Å². The Morgan fingerprint density at radius 1 is 0.531 bits per heavy atom. The van der Waals surface area contributed by atoms with Crippen molar-refractivity contribution in [1.29, 1.82) is 0 Å². The first-order valence-electron chi connectivity index (χ1n) is 13.1. The van der Waals surface area contributed by atoms with Gasteiger partial charge in [0.05, 0.1) is 24.3 Å². The number of benzene rings is 1. The normalized spacial score (nSPS) is 10.8. The van der Waals surface area contributed by atoms with Crippen LogP contribution in [0.3, 0.4) is 0 Å². The predicted octanol–water partition coefficient (Wildman–Crippen LogP) is 8.28. The van der Waals surface area contributed by atoms with Crippen LogP contribution < -0.4 is 0 Å². The molecule has 0 aliphatic rings. The fourth-order valence-electron chi connectivity index (χ4n) is 3.83. The van der Waals surface area contributed by atoms with Gasteiger partial charge in [-0.05, 0) is 25.0 Å². The number of ether oxygens (including phenoxy) is 2. The van der Waals surface area contributed by atoms with Crippen LogP contribution in [0.25, 0.3) is 0 Å². The third-order valence-corrected chi connectivity index (χ3v) is 5.79. The van der Waals surface area contributed by atoms with Crippen LogP contribution in [0.15, 0.2) is 24.3 Å². The molecule has 182 valence electrons. The Labute approximate surface area is 196 Å². The smallest absolute Gasteiger partial charge is 0.339 e. The summed E-state index contributed by atoms with van der Waals surface area (Å²) >= 11 is 0. The van der Waals surface area contributed by atoms with E-state index in [2.05, 4.69) is 6.92 Å². The zero-order valence-corrected chi connectivity index (χ0v) is 20.7. The first-order valence-corrected chi connectivity index (χ1v) is 13.1. The van der Waals surface area contributed by atoms with Crippen molar-refractivity contribution in [3.63, 3.8) is 0 Å². The van der Waals surface area contributed by atoms with E-state index in [0.29, 0.717) is 13.2 Å². The molecule has 0 bridgehead atoms. The topological polar surface area (TPSA) is 52.6 Å². The van der Waals surface area contributed by atoms with Crippen molar-refractivity contribution < 1.29 is 19.1 Å². The SMILES string of the molecule is CCCCCCCCCCCCCCCCCOC(=O)c1ccccc1C(=O)OCCC. The van der Waals surface area contributed by atoms with Gasteiger partial charge in [0.2, 0.25) is 0 Å². The minimum Gasteiger partial charge on any atom is -0.462 e. The highest BCUT2D eigenvalue weighted by atomic mass is 16.5. The molecule has 0 aliphatic heterocycles. The predicted molar refractivity (Wildman–Crippen MR) is 132 cm³/mol. The van der Waals surface area contributed by atoms with Crippen molar-refractivity contribution in [2.75, 3.05) is 13.2 Å². The maximum atomic E-state index is 12.4. The van der Waals surface area contributed by atoms with Crippen LogP contribution in [-0.4, -0.2) is 25.2 Å². The molecule has 1 aromatic rings. The Balaban J connectivity index is 2.02. The number of hydrogen-bond donors (Lipinski definition) is 0. The summed E-state index contributed by atoms with van der Waals surface area (Å²) in [7, 11) is 0. The second kappa shape index (κ2) is 19.8. The standard InChI is InChI=1S/C28H46O4/c1-3-5-6-7-8-9-10-11-12-13-14-15-16-17-20-24-32-28(30)26-22-19-18-21-25(26)27(29)31-23-4-2/h18-19,21-22H,3-17,20,23-24H2,1-2H3. The molecule has 0 fully saturated rings. The molecule has 0 heterocycles. The lowest BCUT2D eigenvalue weighted by atomic mass is 10.0. The summed E-state index contributed by atoms with van der Waals surface area (Å²) < 4.78 is 10.5. The van der Waals surface area contributed by atoms with E-state index >= 15 is 0 Å². The monoisotopic (exact) mass is 446 g/mol. The van der Waals surface area contributed by atoms with E-state index in [4.69, 9.17) is 9.47 Å². The zero-order chi connectivity index (χ0) is 23.3. The first kappa shape index (κ1) is 28.2. The molecule has 4 nitrogen and oxygen atoms in total. The summed E-state index contributed by atoms with van der Waals surface area (Å²) in [5, 5.41) is 0. The molecule has 4 heteroatoms. The molecule has 0 aromatic heterocycles. The summed E-state index contributed by atoms with van der Waals surface area (Å²) in [5.41, 5.74) is 0.567. The van der Waals surface area contributed by atoms with E-state index in [9.17, 15) is 9.59 Å². The summed E-state index contributed by atoms with van der Waals surface area (Å²) in [6, 6.07) is 6.70. The van der Waals surface area contributed by atoms with Gasteiger partial charge in [0, 0.05) is 0 Å². The van der Waals surface area contributed by atoms with Crippen LogP contribution in [-0.2, 0) is 9.47 Å². The summed E-state index contributed by atoms with van der Waals surface area (Å²) in [5.74, 6) is -0.911. The van der Waals surface area contributed by atoms with Crippen LogP contribution >= 0.6 is 0 Å². The minimum atomic E-state index is -0.466. The molecule has 0 amide bonds. The highest BCUT2D eigenvalue weighted by Crippen LogP contribution is 2.15. The molecular formula is C28H46O4. The second-order valence-electron chi connectivity index (χ2n) is 8.77. The summed E-state index contributed by atoms with van der Waals surface area (Å²) in [6.45, 7) is 4.95. The first-order chi connectivity index (χ1) is 15.7. The lowest BCUT2D eigenvalue weighted by Gasteiger charge is -2.09. The summed E-state index contributed by atoms with van der Waals surface area (Å²) in [4.78, 5) is 24.5. The van der Waals surface area contributed by atoms with Crippen LogP contribution in [0.4, 0.5) is 0 Å². The Hall–Kier alpha value is -1.84. The van der Waals surface area contributed by atoms with E-state index in [1.165, 1.54) is 83.5 Å². The van der Waals surface area contributed by atoms with Crippen molar-refractivity contribution in [2.24, 2.45) is 0 Å². The third kappa shape index (κ3) is 13.5. The number of hydrogen-bond acceptors (Lipinski definition) is 4. The molecule has 0 spiro atoms. The lowest BCUT2D eigenvalue weighted by molar-refractivity contribution is 0.0454. The molecule has 1 aromatic carbocycles. The largest absolute Gasteiger partial charge is 0.462 e. The van der Waals surface area contributed by atoms with Gasteiger partial charge in [0.25, 0.3) is 0 Å². The molecule has 0 saturated carbocycles. The van der Waals surface area contributed by atoms with E-state index in [1.54, 1.807) is 24.3 Å². The third-order valence-electron chi connectivity index (χ3n) is 5.79. The van der Waals surface area contributed by atoms with Gasteiger partial charge in [-0.2, -0.15) is 0 Å². The Morgan fingerprint density at radius 3 is 1.31 bits per heavy atom. The van der Waals surface area contributed by atoms with E-state index in [1.807, 2.05) is 6.92 Å². The molecule has 0 aliphatic carbocycles. The van der Waals surface area contributed by atoms with E-state index < -0.39 is 11.9 Å². The Kier molecular flexibility index (Phi) is 17.5. The molecule has 0 radical (unpaired) electrons. The number of unbranched alkanes of at least 4 members (excludes halogenated alkanes) is 14. The number of carbonyl (C=O) groups is 2. The van der Waals surface area contributed by atoms with Gasteiger partial charge in [-0.15, -0.1) is 0 Å². The van der Waals surface area contributed by atoms with Gasteiger partial charge in [-0.1, -0.05) is 116 Å². The van der Waals surface area contributed by atoms with Crippen molar-refractivity contribution in [3.8, 4) is 0 Å². The van der Waals surface area contributed by atoms with Crippen molar-refractivity contribution >= 4 is 11.9 Å². The molecule has 0 N–H and O–H groups in total. The highest BCUT2D eigenvalue weighted by molar-refractivity contribution is 6.03. The van der Waals surface area contributed by atoms with Crippen molar-refractivity contribution in [1.82, 2.24) is 0 Å². The average molecular weight is 447 g/mol. The second-order valence-corrected chi connectivity index (χ2v) is 8.77. The maximum absolute atomic E-state index is 12.4. The van der Waals surface area contributed by atoms with Gasteiger partial charge >= 0.3 is 11.9 Å². The maximum Gasteiger partial charge on any atom is 0.339 e. The van der Waals surface area contributed by atoms with Crippen molar-refractivity contribution in [3.05, 3.63) is 35.4 Å². The summed E-state index contributed by atoms with van der Waals surface area (Å²) in [6.07, 6.45) is 20.3. The van der Waals surface area contributed by atoms with Crippen LogP contribution in [0, 0.1) is 0 Å². The van der Waals surface area contributed by atoms with Gasteiger partial charge in [-0.3, -0.25) is 0 Å². The molecule has 32 heavy (non-hydrogen) atoms. The minimum absolute atomic E-state index is 0.280. The Morgan fingerprint density at radius 2 is 0.906 bits per heavy atom. The fourth-order valence-corrected chi connectivity index (χ4v) is 3.83.